The van der Waals surface area contributed by atoms with Crippen molar-refractivity contribution in [3.63, 3.8) is 0 Å². The molecule has 3 aliphatic rings. The summed E-state index contributed by atoms with van der Waals surface area (Å²) in [6.45, 7) is 1.98. The number of likely N-dealkylation sites (tertiary alicyclic amines) is 2. The second-order valence-electron chi connectivity index (χ2n) is 8.92. The van der Waals surface area contributed by atoms with Crippen molar-refractivity contribution in [3.8, 4) is 0 Å². The van der Waals surface area contributed by atoms with Crippen LogP contribution in [0.2, 0.25) is 0 Å². The molecule has 1 aromatic rings. The fourth-order valence-electron chi connectivity index (χ4n) is 4.93. The number of alkyl halides is 3. The van der Waals surface area contributed by atoms with Crippen LogP contribution in [-0.2, 0) is 22.1 Å². The number of benzene rings is 1. The maximum absolute atomic E-state index is 14.2. The number of piperidine rings is 2. The Labute approximate surface area is 182 Å². The van der Waals surface area contributed by atoms with Crippen LogP contribution in [0, 0.1) is 23.5 Å². The lowest BCUT2D eigenvalue weighted by atomic mass is 9.87. The van der Waals surface area contributed by atoms with E-state index in [2.05, 4.69) is 0 Å². The summed E-state index contributed by atoms with van der Waals surface area (Å²) in [5.41, 5.74) is -1.68. The van der Waals surface area contributed by atoms with Crippen molar-refractivity contribution >= 4 is 11.8 Å². The second-order valence-corrected chi connectivity index (χ2v) is 8.92. The summed E-state index contributed by atoms with van der Waals surface area (Å²) in [4.78, 5) is 28.0. The van der Waals surface area contributed by atoms with Crippen molar-refractivity contribution < 1.29 is 36.3 Å². The molecule has 0 aliphatic carbocycles. The Morgan fingerprint density at radius 2 is 1.66 bits per heavy atom. The first-order valence-electron chi connectivity index (χ1n) is 10.8. The van der Waals surface area contributed by atoms with E-state index in [0.717, 1.165) is 0 Å². The average molecular weight is 460 g/mol. The highest BCUT2D eigenvalue weighted by atomic mass is 19.4. The van der Waals surface area contributed by atoms with E-state index in [1.165, 1.54) is 0 Å². The molecule has 3 heterocycles. The third-order valence-electron chi connectivity index (χ3n) is 6.73. The average Bonchev–Trinajstić information content (AvgIpc) is 2.75. The number of carbonyl (C=O) groups is 2. The summed E-state index contributed by atoms with van der Waals surface area (Å²) in [6.07, 6.45) is -2.69. The summed E-state index contributed by atoms with van der Waals surface area (Å²) in [5, 5.41) is 0. The van der Waals surface area contributed by atoms with Crippen LogP contribution in [0.25, 0.3) is 0 Å². The summed E-state index contributed by atoms with van der Waals surface area (Å²) >= 11 is 0. The van der Waals surface area contributed by atoms with Gasteiger partial charge in [0.1, 0.15) is 18.2 Å². The number of amides is 2. The Kier molecular flexibility index (Phi) is 6.42. The number of halogens is 5. The Morgan fingerprint density at radius 1 is 1.03 bits per heavy atom. The lowest BCUT2D eigenvalue weighted by Crippen LogP contribution is -2.54. The first-order valence-corrected chi connectivity index (χ1v) is 10.8. The molecule has 3 fully saturated rings. The minimum absolute atomic E-state index is 0.00917. The van der Waals surface area contributed by atoms with Gasteiger partial charge in [-0.3, -0.25) is 4.79 Å². The Morgan fingerprint density at radius 3 is 2.28 bits per heavy atom. The lowest BCUT2D eigenvalue weighted by molar-refractivity contribution is -0.140. The highest BCUT2D eigenvalue weighted by Gasteiger charge is 2.38. The van der Waals surface area contributed by atoms with Gasteiger partial charge in [-0.1, -0.05) is 0 Å². The highest BCUT2D eigenvalue weighted by molar-refractivity contribution is 5.81. The molecule has 0 N–H and O–H groups in total. The molecular formula is C22H25F5N2O3. The number of nitrogens with zero attached hydrogens (tertiary/aromatic N) is 2. The Hall–Kier alpha value is -2.23. The molecule has 2 amide bonds. The predicted octanol–water partition coefficient (Wildman–Crippen LogP) is 4.04. The molecule has 0 bridgehead atoms. The molecule has 0 saturated carbocycles. The first-order chi connectivity index (χ1) is 15.1. The van der Waals surface area contributed by atoms with Gasteiger partial charge in [0.25, 0.3) is 0 Å². The molecule has 176 valence electrons. The number of Topliss-reactive ketones (excluding diaryl/α,β-unsaturated/α-hetero) is 1. The zero-order valence-corrected chi connectivity index (χ0v) is 17.5. The van der Waals surface area contributed by atoms with Crippen molar-refractivity contribution in [2.75, 3.05) is 32.8 Å². The maximum Gasteiger partial charge on any atom is 0.416 e. The zero-order valence-electron chi connectivity index (χ0n) is 17.5. The van der Waals surface area contributed by atoms with E-state index in [1.807, 2.05) is 0 Å². The number of rotatable bonds is 2. The minimum Gasteiger partial charge on any atom is -0.370 e. The number of fused-ring (bicyclic) bond motifs is 1. The third kappa shape index (κ3) is 4.89. The molecule has 32 heavy (non-hydrogen) atoms. The summed E-state index contributed by atoms with van der Waals surface area (Å²) < 4.78 is 72.1. The fraction of sp³-hybridized carbons (Fsp3) is 0.636. The van der Waals surface area contributed by atoms with E-state index in [-0.39, 0.29) is 48.3 Å². The molecule has 10 heteroatoms. The second kappa shape index (κ2) is 8.96. The van der Waals surface area contributed by atoms with Gasteiger partial charge in [0.15, 0.2) is 5.78 Å². The van der Waals surface area contributed by atoms with Crippen molar-refractivity contribution in [1.29, 1.82) is 0 Å². The molecule has 0 radical (unpaired) electrons. The van der Waals surface area contributed by atoms with E-state index in [1.54, 1.807) is 9.80 Å². The quantitative estimate of drug-likeness (QED) is 0.626. The van der Waals surface area contributed by atoms with Crippen LogP contribution >= 0.6 is 0 Å². The van der Waals surface area contributed by atoms with Crippen molar-refractivity contribution in [2.45, 2.75) is 44.4 Å². The van der Waals surface area contributed by atoms with Gasteiger partial charge >= 0.3 is 12.2 Å². The molecule has 5 nitrogen and oxygen atoms in total. The van der Waals surface area contributed by atoms with Gasteiger partial charge in [0.2, 0.25) is 0 Å². The highest BCUT2D eigenvalue weighted by Crippen LogP contribution is 2.33. The third-order valence-corrected chi connectivity index (χ3v) is 6.73. The molecule has 0 unspecified atom stereocenters. The van der Waals surface area contributed by atoms with E-state index in [4.69, 9.17) is 4.74 Å². The fourth-order valence-corrected chi connectivity index (χ4v) is 4.93. The van der Waals surface area contributed by atoms with Crippen LogP contribution in [0.15, 0.2) is 12.1 Å². The van der Waals surface area contributed by atoms with Crippen LogP contribution < -0.4 is 0 Å². The van der Waals surface area contributed by atoms with Crippen LogP contribution in [0.3, 0.4) is 0 Å². The van der Waals surface area contributed by atoms with Gasteiger partial charge in [-0.2, -0.15) is 13.2 Å². The van der Waals surface area contributed by atoms with Gasteiger partial charge < -0.3 is 14.5 Å². The minimum atomic E-state index is -4.81. The normalized spacial score (nSPS) is 25.1. The standard InChI is InChI=1S/C22H25F5N2O3/c23-18-9-15(22(25,26)27)10-19(24)17(18)7-13-1-4-28(5-2-13)21(31)29-6-3-20-14(11-29)8-16(30)12-32-20/h9-10,13-14,20H,1-8,11-12H2/t14-,20+/m1/s1. The number of ether oxygens (including phenoxy) is 1. The van der Waals surface area contributed by atoms with E-state index in [0.29, 0.717) is 64.0 Å². The van der Waals surface area contributed by atoms with Gasteiger partial charge in [0, 0.05) is 44.1 Å². The van der Waals surface area contributed by atoms with Crippen molar-refractivity contribution in [3.05, 3.63) is 34.9 Å². The molecule has 4 rings (SSSR count). The van der Waals surface area contributed by atoms with Crippen molar-refractivity contribution in [1.82, 2.24) is 9.80 Å². The van der Waals surface area contributed by atoms with Crippen LogP contribution in [0.1, 0.15) is 36.8 Å². The maximum atomic E-state index is 14.2. The Bertz CT molecular complexity index is 860. The van der Waals surface area contributed by atoms with Gasteiger partial charge in [0.05, 0.1) is 11.7 Å². The Balaban J connectivity index is 1.32. The first kappa shape index (κ1) is 22.9. The van der Waals surface area contributed by atoms with Crippen LogP contribution in [0.5, 0.6) is 0 Å². The van der Waals surface area contributed by atoms with Gasteiger partial charge in [-0.25, -0.2) is 13.6 Å². The van der Waals surface area contributed by atoms with Crippen LogP contribution in [0.4, 0.5) is 26.7 Å². The molecule has 3 saturated heterocycles. The molecule has 0 spiro atoms. The summed E-state index contributed by atoms with van der Waals surface area (Å²) in [6, 6.07) is 0.549. The van der Waals surface area contributed by atoms with E-state index >= 15 is 0 Å². The van der Waals surface area contributed by atoms with E-state index < -0.39 is 23.4 Å². The van der Waals surface area contributed by atoms with Crippen molar-refractivity contribution in [2.24, 2.45) is 11.8 Å². The summed E-state index contributed by atoms with van der Waals surface area (Å²) in [7, 11) is 0. The molecular weight excluding hydrogens is 435 g/mol. The largest absolute Gasteiger partial charge is 0.416 e. The lowest BCUT2D eigenvalue weighted by Gasteiger charge is -2.43. The summed E-state index contributed by atoms with van der Waals surface area (Å²) in [5.74, 6) is -2.46. The molecule has 0 aromatic heterocycles. The molecule has 1 aromatic carbocycles. The smallest absolute Gasteiger partial charge is 0.370 e. The van der Waals surface area contributed by atoms with Crippen LogP contribution in [-0.4, -0.2) is 60.5 Å². The molecule has 2 atom stereocenters. The number of hydrogen-bond donors (Lipinski definition) is 0. The monoisotopic (exact) mass is 460 g/mol. The van der Waals surface area contributed by atoms with Gasteiger partial charge in [-0.05, 0) is 43.7 Å². The predicted molar refractivity (Wildman–Crippen MR) is 104 cm³/mol. The van der Waals surface area contributed by atoms with Gasteiger partial charge in [-0.15, -0.1) is 0 Å². The number of carbonyl (C=O) groups excluding carboxylic acids is 2. The number of ketones is 1. The number of urea groups is 1. The topological polar surface area (TPSA) is 49.9 Å². The molecule has 3 aliphatic heterocycles. The zero-order chi connectivity index (χ0) is 23.0. The van der Waals surface area contributed by atoms with E-state index in [9.17, 15) is 31.5 Å². The SMILES string of the molecule is O=C1CO[C@H]2CCN(C(=O)N3CCC(Cc4c(F)cc(C(F)(F)F)cc4F)CC3)C[C@H]2C1. The number of hydrogen-bond acceptors (Lipinski definition) is 3.